The number of hydrogen-bond acceptors (Lipinski definition) is 5. The lowest BCUT2D eigenvalue weighted by Crippen LogP contribution is -2.47. The number of amides is 2. The molecule has 1 aromatic rings. The lowest BCUT2D eigenvalue weighted by atomic mass is 10.3. The molecule has 132 valence electrons. The van der Waals surface area contributed by atoms with Gasteiger partial charge in [0.05, 0.1) is 39.1 Å². The maximum absolute atomic E-state index is 12.3. The van der Waals surface area contributed by atoms with Crippen molar-refractivity contribution in [3.63, 3.8) is 0 Å². The summed E-state index contributed by atoms with van der Waals surface area (Å²) in [6.45, 7) is 5.32. The molecule has 24 heavy (non-hydrogen) atoms. The van der Waals surface area contributed by atoms with Gasteiger partial charge in [0.15, 0.2) is 0 Å². The molecule has 0 spiro atoms. The van der Waals surface area contributed by atoms with Crippen LogP contribution >= 0.6 is 0 Å². The highest BCUT2D eigenvalue weighted by molar-refractivity contribution is 5.94. The zero-order valence-electron chi connectivity index (χ0n) is 14.3. The molecule has 1 aliphatic heterocycles. The Bertz CT molecular complexity index is 559. The number of carbonyl (C=O) groups excluding carboxylic acids is 2. The van der Waals surface area contributed by atoms with Crippen molar-refractivity contribution in [2.24, 2.45) is 0 Å². The minimum absolute atomic E-state index is 0.0326. The first kappa shape index (κ1) is 18.2. The van der Waals surface area contributed by atoms with Crippen LogP contribution in [0.4, 0.5) is 5.69 Å². The van der Waals surface area contributed by atoms with Crippen LogP contribution in [0.2, 0.25) is 0 Å². The second-order valence-electron chi connectivity index (χ2n) is 5.54. The molecule has 0 bridgehead atoms. The first-order valence-corrected chi connectivity index (χ1v) is 8.14. The number of methoxy groups -OCH3 is 1. The Morgan fingerprint density at radius 3 is 2.62 bits per heavy atom. The van der Waals surface area contributed by atoms with E-state index in [-0.39, 0.29) is 24.9 Å². The number of ether oxygens (including phenoxy) is 2. The Morgan fingerprint density at radius 1 is 1.25 bits per heavy atom. The molecule has 7 heteroatoms. The van der Waals surface area contributed by atoms with Gasteiger partial charge in [-0.1, -0.05) is 19.1 Å². The highest BCUT2D eigenvalue weighted by Crippen LogP contribution is 2.22. The quantitative estimate of drug-likeness (QED) is 0.799. The van der Waals surface area contributed by atoms with Crippen LogP contribution in [-0.2, 0) is 14.3 Å². The van der Waals surface area contributed by atoms with E-state index >= 15 is 0 Å². The van der Waals surface area contributed by atoms with Crippen molar-refractivity contribution in [1.82, 2.24) is 9.80 Å². The van der Waals surface area contributed by atoms with Gasteiger partial charge in [0.2, 0.25) is 11.8 Å². The van der Waals surface area contributed by atoms with Crippen LogP contribution in [0.5, 0.6) is 5.75 Å². The smallest absolute Gasteiger partial charge is 0.238 e. The summed E-state index contributed by atoms with van der Waals surface area (Å²) in [4.78, 5) is 28.1. The molecule has 2 rings (SSSR count). The van der Waals surface area contributed by atoms with E-state index in [1.807, 2.05) is 24.0 Å². The molecule has 1 saturated heterocycles. The van der Waals surface area contributed by atoms with Crippen LogP contribution in [-0.4, -0.2) is 74.7 Å². The van der Waals surface area contributed by atoms with E-state index in [4.69, 9.17) is 9.47 Å². The Morgan fingerprint density at radius 2 is 1.96 bits per heavy atom. The predicted octanol–water partition coefficient (Wildman–Crippen LogP) is 0.814. The Hall–Kier alpha value is -2.12. The molecule has 2 amide bonds. The summed E-state index contributed by atoms with van der Waals surface area (Å²) in [5.41, 5.74) is 0.626. The number of carbonyl (C=O) groups is 2. The van der Waals surface area contributed by atoms with Crippen molar-refractivity contribution in [2.45, 2.75) is 6.92 Å². The topological polar surface area (TPSA) is 71.1 Å². The van der Waals surface area contributed by atoms with Gasteiger partial charge in [-0.3, -0.25) is 14.5 Å². The van der Waals surface area contributed by atoms with Gasteiger partial charge in [-0.15, -0.1) is 0 Å². The first-order chi connectivity index (χ1) is 11.6. The third-order valence-electron chi connectivity index (χ3n) is 3.92. The van der Waals surface area contributed by atoms with E-state index in [9.17, 15) is 9.59 Å². The number of morpholine rings is 1. The van der Waals surface area contributed by atoms with Crippen LogP contribution in [0.25, 0.3) is 0 Å². The maximum Gasteiger partial charge on any atom is 0.238 e. The van der Waals surface area contributed by atoms with Gasteiger partial charge in [0, 0.05) is 13.1 Å². The van der Waals surface area contributed by atoms with E-state index in [0.29, 0.717) is 44.3 Å². The van der Waals surface area contributed by atoms with Crippen LogP contribution in [0, 0.1) is 0 Å². The number of anilines is 1. The molecule has 1 aliphatic rings. The zero-order valence-corrected chi connectivity index (χ0v) is 14.3. The van der Waals surface area contributed by atoms with Crippen LogP contribution in [0.15, 0.2) is 24.3 Å². The zero-order chi connectivity index (χ0) is 17.4. The van der Waals surface area contributed by atoms with Gasteiger partial charge in [-0.25, -0.2) is 0 Å². The van der Waals surface area contributed by atoms with Crippen molar-refractivity contribution < 1.29 is 19.1 Å². The molecule has 0 aromatic heterocycles. The Kier molecular flexibility index (Phi) is 7.02. The van der Waals surface area contributed by atoms with E-state index in [1.165, 1.54) is 0 Å². The van der Waals surface area contributed by atoms with Crippen molar-refractivity contribution in [2.75, 3.05) is 58.4 Å². The van der Waals surface area contributed by atoms with Crippen molar-refractivity contribution in [3.8, 4) is 5.75 Å². The fraction of sp³-hybridized carbons (Fsp3) is 0.529. The first-order valence-electron chi connectivity index (χ1n) is 8.14. The molecule has 1 N–H and O–H groups in total. The lowest BCUT2D eigenvalue weighted by molar-refractivity contribution is -0.136. The third kappa shape index (κ3) is 5.21. The molecule has 0 unspecified atom stereocenters. The van der Waals surface area contributed by atoms with Gasteiger partial charge >= 0.3 is 0 Å². The van der Waals surface area contributed by atoms with E-state index in [0.717, 1.165) is 0 Å². The largest absolute Gasteiger partial charge is 0.495 e. The Balaban J connectivity index is 1.87. The standard InChI is InChI=1S/C17H25N3O4/c1-3-19(13-17(22)20-8-10-24-11-9-20)12-16(21)18-14-6-4-5-7-15(14)23-2/h4-7H,3,8-13H2,1-2H3,(H,18,21). The van der Waals surface area contributed by atoms with Gasteiger partial charge in [-0.05, 0) is 18.7 Å². The van der Waals surface area contributed by atoms with Crippen LogP contribution < -0.4 is 10.1 Å². The molecule has 1 aromatic carbocycles. The predicted molar refractivity (Wildman–Crippen MR) is 91.1 cm³/mol. The molecule has 0 aliphatic carbocycles. The molecule has 1 heterocycles. The highest BCUT2D eigenvalue weighted by Gasteiger charge is 2.20. The van der Waals surface area contributed by atoms with Crippen molar-refractivity contribution in [3.05, 3.63) is 24.3 Å². The number of nitrogens with one attached hydrogen (secondary N) is 1. The molecule has 0 atom stereocenters. The minimum Gasteiger partial charge on any atom is -0.495 e. The summed E-state index contributed by atoms with van der Waals surface area (Å²) in [6, 6.07) is 7.24. The molecular weight excluding hydrogens is 310 g/mol. The summed E-state index contributed by atoms with van der Waals surface area (Å²) in [6.07, 6.45) is 0. The molecular formula is C17H25N3O4. The van der Waals surface area contributed by atoms with Crippen LogP contribution in [0.1, 0.15) is 6.92 Å². The van der Waals surface area contributed by atoms with E-state index in [1.54, 1.807) is 24.1 Å². The summed E-state index contributed by atoms with van der Waals surface area (Å²) < 4.78 is 10.5. The second-order valence-corrected chi connectivity index (χ2v) is 5.54. The maximum atomic E-state index is 12.3. The van der Waals surface area contributed by atoms with Gasteiger partial charge in [0.1, 0.15) is 5.75 Å². The fourth-order valence-corrected chi connectivity index (χ4v) is 2.52. The highest BCUT2D eigenvalue weighted by atomic mass is 16.5. The van der Waals surface area contributed by atoms with E-state index < -0.39 is 0 Å². The van der Waals surface area contributed by atoms with Crippen LogP contribution in [0.3, 0.4) is 0 Å². The SMILES string of the molecule is CCN(CC(=O)Nc1ccccc1OC)CC(=O)N1CCOCC1. The number of rotatable bonds is 7. The molecule has 7 nitrogen and oxygen atoms in total. The third-order valence-corrected chi connectivity index (χ3v) is 3.92. The van der Waals surface area contributed by atoms with Crippen molar-refractivity contribution >= 4 is 17.5 Å². The summed E-state index contributed by atoms with van der Waals surface area (Å²) >= 11 is 0. The number of para-hydroxylation sites is 2. The van der Waals surface area contributed by atoms with E-state index in [2.05, 4.69) is 5.32 Å². The number of benzene rings is 1. The van der Waals surface area contributed by atoms with Crippen molar-refractivity contribution in [1.29, 1.82) is 0 Å². The molecule has 0 radical (unpaired) electrons. The fourth-order valence-electron chi connectivity index (χ4n) is 2.52. The summed E-state index contributed by atoms with van der Waals surface area (Å²) in [5.74, 6) is 0.472. The summed E-state index contributed by atoms with van der Waals surface area (Å²) in [7, 11) is 1.56. The average Bonchev–Trinajstić information content (AvgIpc) is 2.62. The molecule has 0 saturated carbocycles. The van der Waals surface area contributed by atoms with Gasteiger partial charge in [0.25, 0.3) is 0 Å². The number of likely N-dealkylation sites (N-methyl/N-ethyl adjacent to an activating group) is 1. The number of nitrogens with zero attached hydrogens (tertiary/aromatic N) is 2. The Labute approximate surface area is 142 Å². The second kappa shape index (κ2) is 9.24. The molecule has 1 fully saturated rings. The monoisotopic (exact) mass is 335 g/mol. The summed E-state index contributed by atoms with van der Waals surface area (Å²) in [5, 5.41) is 2.83. The average molecular weight is 335 g/mol. The number of hydrogen-bond donors (Lipinski definition) is 1. The minimum atomic E-state index is -0.170. The lowest BCUT2D eigenvalue weighted by Gasteiger charge is -2.29. The van der Waals surface area contributed by atoms with Gasteiger partial charge < -0.3 is 19.7 Å². The van der Waals surface area contributed by atoms with Gasteiger partial charge in [-0.2, -0.15) is 0 Å². The normalized spacial score (nSPS) is 14.5.